The van der Waals surface area contributed by atoms with E-state index in [2.05, 4.69) is 22.6 Å². The molecule has 2 nitrogen and oxygen atoms in total. The van der Waals surface area contributed by atoms with Crippen LogP contribution in [0.2, 0.25) is 10.0 Å². The summed E-state index contributed by atoms with van der Waals surface area (Å²) in [7, 11) is 0. The van der Waals surface area contributed by atoms with E-state index in [9.17, 15) is 4.79 Å². The van der Waals surface area contributed by atoms with Crippen LogP contribution in [0.4, 0.5) is 5.69 Å². The van der Waals surface area contributed by atoms with E-state index in [1.165, 1.54) is 0 Å². The van der Waals surface area contributed by atoms with E-state index in [1.807, 2.05) is 36.4 Å². The predicted molar refractivity (Wildman–Crippen MR) is 109 cm³/mol. The van der Waals surface area contributed by atoms with Crippen molar-refractivity contribution in [2.75, 3.05) is 5.73 Å². The highest BCUT2D eigenvalue weighted by molar-refractivity contribution is 14.1. The Balaban J connectivity index is 2.23. The van der Waals surface area contributed by atoms with Gasteiger partial charge in [-0.15, -0.1) is 0 Å². The fourth-order valence-electron chi connectivity index (χ4n) is 3.49. The maximum absolute atomic E-state index is 12.4. The standard InChI is InChI=1S/C19H16Cl2INO/c20-13-3-1-2-12(8-13)16-7-5-15(22)10-19(16,11-24)17-6-4-14(21)9-18(17)23/h1-4,6,8-11,16H,5,7,23H2/t16-,19+/m0/s1. The molecule has 0 spiro atoms. The molecule has 3 rings (SSSR count). The van der Waals surface area contributed by atoms with Crippen LogP contribution in [0.15, 0.2) is 52.1 Å². The first-order valence-electron chi connectivity index (χ1n) is 7.61. The van der Waals surface area contributed by atoms with Gasteiger partial charge in [0.05, 0.1) is 5.41 Å². The van der Waals surface area contributed by atoms with Crippen molar-refractivity contribution in [3.63, 3.8) is 0 Å². The molecule has 2 N–H and O–H groups in total. The van der Waals surface area contributed by atoms with E-state index >= 15 is 0 Å². The Hall–Kier alpha value is -1.04. The van der Waals surface area contributed by atoms with Crippen molar-refractivity contribution in [2.24, 2.45) is 0 Å². The SMILES string of the molecule is Nc1cc(Cl)ccc1[C@@]1(C=O)C=C(I)CC[C@H]1c1cccc(Cl)c1. The van der Waals surface area contributed by atoms with Gasteiger partial charge in [0.2, 0.25) is 0 Å². The van der Waals surface area contributed by atoms with E-state index in [4.69, 9.17) is 28.9 Å². The topological polar surface area (TPSA) is 43.1 Å². The largest absolute Gasteiger partial charge is 0.398 e. The number of halogens is 3. The van der Waals surface area contributed by atoms with Crippen molar-refractivity contribution in [2.45, 2.75) is 24.2 Å². The molecule has 0 bridgehead atoms. The summed E-state index contributed by atoms with van der Waals surface area (Å²) in [6.45, 7) is 0. The molecule has 2 aromatic rings. The van der Waals surface area contributed by atoms with E-state index < -0.39 is 5.41 Å². The molecule has 0 unspecified atom stereocenters. The first-order chi connectivity index (χ1) is 11.5. The van der Waals surface area contributed by atoms with Crippen molar-refractivity contribution in [3.05, 3.63) is 73.3 Å². The lowest BCUT2D eigenvalue weighted by molar-refractivity contribution is -0.112. The lowest BCUT2D eigenvalue weighted by atomic mass is 9.64. The third kappa shape index (κ3) is 3.22. The van der Waals surface area contributed by atoms with Crippen molar-refractivity contribution >= 4 is 57.8 Å². The Morgan fingerprint density at radius 1 is 1.17 bits per heavy atom. The highest BCUT2D eigenvalue weighted by Crippen LogP contribution is 2.49. The third-order valence-corrected chi connectivity index (χ3v) is 5.89. The summed E-state index contributed by atoms with van der Waals surface area (Å²) in [5.74, 6) is -0.0179. The number of nitrogens with two attached hydrogens (primary N) is 1. The van der Waals surface area contributed by atoms with Crippen molar-refractivity contribution in [1.82, 2.24) is 0 Å². The molecule has 24 heavy (non-hydrogen) atoms. The Morgan fingerprint density at radius 3 is 2.58 bits per heavy atom. The number of aldehydes is 1. The van der Waals surface area contributed by atoms with Gasteiger partial charge >= 0.3 is 0 Å². The maximum Gasteiger partial charge on any atom is 0.135 e. The average Bonchev–Trinajstić information content (AvgIpc) is 2.54. The van der Waals surface area contributed by atoms with Crippen LogP contribution >= 0.6 is 45.8 Å². The minimum absolute atomic E-state index is 0.0179. The van der Waals surface area contributed by atoms with Crippen molar-refractivity contribution in [3.8, 4) is 0 Å². The quantitative estimate of drug-likeness (QED) is 0.343. The minimum atomic E-state index is -0.811. The number of anilines is 1. The number of hydrogen-bond donors (Lipinski definition) is 1. The van der Waals surface area contributed by atoms with Gasteiger partial charge in [-0.3, -0.25) is 0 Å². The molecular formula is C19H16Cl2INO. The zero-order valence-electron chi connectivity index (χ0n) is 12.8. The van der Waals surface area contributed by atoms with Gasteiger partial charge in [-0.2, -0.15) is 0 Å². The van der Waals surface area contributed by atoms with E-state index in [0.717, 1.165) is 33.8 Å². The molecule has 0 amide bonds. The molecular weight excluding hydrogens is 456 g/mol. The van der Waals surface area contributed by atoms with Crippen LogP contribution in [-0.2, 0) is 10.2 Å². The molecule has 0 saturated carbocycles. The fraction of sp³-hybridized carbons (Fsp3) is 0.211. The van der Waals surface area contributed by atoms with E-state index in [-0.39, 0.29) is 5.92 Å². The summed E-state index contributed by atoms with van der Waals surface area (Å²) < 4.78 is 1.16. The van der Waals surface area contributed by atoms with Gasteiger partial charge in [0.15, 0.2) is 0 Å². The zero-order chi connectivity index (χ0) is 17.3. The molecule has 0 radical (unpaired) electrons. The molecule has 0 heterocycles. The Morgan fingerprint density at radius 2 is 1.92 bits per heavy atom. The highest BCUT2D eigenvalue weighted by atomic mass is 127. The molecule has 5 heteroatoms. The second-order valence-corrected chi connectivity index (χ2v) is 8.28. The molecule has 0 aromatic heterocycles. The van der Waals surface area contributed by atoms with Crippen molar-refractivity contribution < 1.29 is 4.79 Å². The summed E-state index contributed by atoms with van der Waals surface area (Å²) in [5.41, 5.74) is 7.79. The minimum Gasteiger partial charge on any atom is -0.398 e. The molecule has 0 fully saturated rings. The molecule has 1 aliphatic carbocycles. The molecule has 2 atom stereocenters. The zero-order valence-corrected chi connectivity index (χ0v) is 16.5. The summed E-state index contributed by atoms with van der Waals surface area (Å²) in [6.07, 6.45) is 4.84. The first kappa shape index (κ1) is 17.8. The number of hydrogen-bond acceptors (Lipinski definition) is 2. The summed E-state index contributed by atoms with van der Waals surface area (Å²) in [4.78, 5) is 12.4. The second-order valence-electron chi connectivity index (χ2n) is 6.02. The lowest BCUT2D eigenvalue weighted by Crippen LogP contribution is -2.36. The molecule has 0 saturated heterocycles. The van der Waals surface area contributed by atoms with Crippen LogP contribution in [0.25, 0.3) is 0 Å². The normalized spacial score (nSPS) is 23.6. The van der Waals surface area contributed by atoms with Crippen LogP contribution in [0.5, 0.6) is 0 Å². The summed E-state index contributed by atoms with van der Waals surface area (Å²) in [5, 5.41) is 1.23. The fourth-order valence-corrected chi connectivity index (χ4v) is 4.70. The number of benzene rings is 2. The van der Waals surface area contributed by atoms with Crippen LogP contribution < -0.4 is 5.73 Å². The van der Waals surface area contributed by atoms with Gasteiger partial charge in [-0.05, 0) is 74.4 Å². The monoisotopic (exact) mass is 471 g/mol. The smallest absolute Gasteiger partial charge is 0.135 e. The Bertz CT molecular complexity index is 821. The number of carbonyl (C=O) groups is 1. The van der Waals surface area contributed by atoms with Crippen molar-refractivity contribution in [1.29, 1.82) is 0 Å². The molecule has 1 aliphatic rings. The van der Waals surface area contributed by atoms with Gasteiger partial charge in [0.25, 0.3) is 0 Å². The summed E-state index contributed by atoms with van der Waals surface area (Å²) in [6, 6.07) is 13.1. The molecule has 2 aromatic carbocycles. The number of allylic oxidation sites excluding steroid dienone is 2. The van der Waals surface area contributed by atoms with E-state index in [1.54, 1.807) is 12.1 Å². The number of nitrogen functional groups attached to an aromatic ring is 1. The van der Waals surface area contributed by atoms with Crippen LogP contribution in [0, 0.1) is 0 Å². The van der Waals surface area contributed by atoms with Gasteiger partial charge in [-0.1, -0.05) is 47.5 Å². The lowest BCUT2D eigenvalue weighted by Gasteiger charge is -2.39. The Kier molecular flexibility index (Phi) is 5.23. The number of rotatable bonds is 3. The summed E-state index contributed by atoms with van der Waals surface area (Å²) >= 11 is 14.5. The highest BCUT2D eigenvalue weighted by Gasteiger charge is 2.43. The van der Waals surface area contributed by atoms with E-state index in [0.29, 0.717) is 15.7 Å². The average molecular weight is 472 g/mol. The molecule has 0 aliphatic heterocycles. The maximum atomic E-state index is 12.4. The number of carbonyl (C=O) groups excluding carboxylic acids is 1. The van der Waals surface area contributed by atoms with Crippen LogP contribution in [0.3, 0.4) is 0 Å². The van der Waals surface area contributed by atoms with Gasteiger partial charge in [0.1, 0.15) is 6.29 Å². The van der Waals surface area contributed by atoms with Gasteiger partial charge in [-0.25, -0.2) is 0 Å². The molecule has 124 valence electrons. The predicted octanol–water partition coefficient (Wildman–Crippen LogP) is 5.91. The van der Waals surface area contributed by atoms with Gasteiger partial charge in [0, 0.05) is 21.7 Å². The van der Waals surface area contributed by atoms with Crippen LogP contribution in [-0.4, -0.2) is 6.29 Å². The second kappa shape index (κ2) is 7.06. The van der Waals surface area contributed by atoms with Gasteiger partial charge < -0.3 is 10.5 Å². The third-order valence-electron chi connectivity index (χ3n) is 4.57. The first-order valence-corrected chi connectivity index (χ1v) is 9.44. The Labute approximate surface area is 165 Å². The van der Waals surface area contributed by atoms with Crippen LogP contribution in [0.1, 0.15) is 29.9 Å².